The van der Waals surface area contributed by atoms with Gasteiger partial charge in [-0.2, -0.15) is 4.31 Å². The van der Waals surface area contributed by atoms with E-state index in [0.29, 0.717) is 29.4 Å². The molecule has 2 amide bonds. The third kappa shape index (κ3) is 6.30. The summed E-state index contributed by atoms with van der Waals surface area (Å²) in [5, 5.41) is 3.29. The Bertz CT molecular complexity index is 1350. The van der Waals surface area contributed by atoms with Crippen molar-refractivity contribution in [2.45, 2.75) is 24.3 Å². The SMILES string of the molecule is CCN(CC(=O)N1C[C@H](C(=O)NCCc2ccccc2)Oc2ccccc21)S(=O)(=O)c1ccc(Cl)cc1. The van der Waals surface area contributed by atoms with Gasteiger partial charge in [0.15, 0.2) is 6.10 Å². The highest BCUT2D eigenvalue weighted by Gasteiger charge is 2.35. The number of hydrogen-bond acceptors (Lipinski definition) is 5. The lowest BCUT2D eigenvalue weighted by atomic mass is 10.1. The van der Waals surface area contributed by atoms with Crippen LogP contribution in [0.5, 0.6) is 5.75 Å². The van der Waals surface area contributed by atoms with E-state index in [0.717, 1.165) is 9.87 Å². The summed E-state index contributed by atoms with van der Waals surface area (Å²) in [6.07, 6.45) is -0.274. The number of ether oxygens (including phenoxy) is 1. The zero-order valence-electron chi connectivity index (χ0n) is 20.3. The Hall–Kier alpha value is -3.40. The summed E-state index contributed by atoms with van der Waals surface area (Å²) >= 11 is 5.90. The number of halogens is 1. The van der Waals surface area contributed by atoms with Crippen molar-refractivity contribution in [3.05, 3.63) is 89.4 Å². The Balaban J connectivity index is 1.48. The maximum absolute atomic E-state index is 13.4. The fourth-order valence-electron chi connectivity index (χ4n) is 4.05. The molecule has 10 heteroatoms. The molecule has 1 N–H and O–H groups in total. The van der Waals surface area contributed by atoms with E-state index in [-0.39, 0.29) is 23.9 Å². The predicted molar refractivity (Wildman–Crippen MR) is 142 cm³/mol. The van der Waals surface area contributed by atoms with Gasteiger partial charge in [-0.3, -0.25) is 9.59 Å². The van der Waals surface area contributed by atoms with Gasteiger partial charge < -0.3 is 15.0 Å². The topological polar surface area (TPSA) is 96.0 Å². The number of carbonyl (C=O) groups excluding carboxylic acids is 2. The fraction of sp³-hybridized carbons (Fsp3) is 0.259. The summed E-state index contributed by atoms with van der Waals surface area (Å²) in [7, 11) is -3.93. The molecule has 0 saturated carbocycles. The number of nitrogens with one attached hydrogen (secondary N) is 1. The Morgan fingerprint density at radius 3 is 2.41 bits per heavy atom. The largest absolute Gasteiger partial charge is 0.477 e. The smallest absolute Gasteiger partial charge is 0.262 e. The van der Waals surface area contributed by atoms with Crippen molar-refractivity contribution < 1.29 is 22.7 Å². The Morgan fingerprint density at radius 2 is 1.70 bits per heavy atom. The van der Waals surface area contributed by atoms with Crippen LogP contribution in [0.2, 0.25) is 5.02 Å². The predicted octanol–water partition coefficient (Wildman–Crippen LogP) is 3.50. The lowest BCUT2D eigenvalue weighted by Gasteiger charge is -2.35. The molecule has 0 unspecified atom stereocenters. The first-order chi connectivity index (χ1) is 17.8. The van der Waals surface area contributed by atoms with Crippen LogP contribution >= 0.6 is 11.6 Å². The van der Waals surface area contributed by atoms with Crippen molar-refractivity contribution in [1.82, 2.24) is 9.62 Å². The number of carbonyl (C=O) groups is 2. The molecule has 0 radical (unpaired) electrons. The first-order valence-corrected chi connectivity index (χ1v) is 13.7. The third-order valence-corrected chi connectivity index (χ3v) is 8.23. The molecule has 37 heavy (non-hydrogen) atoms. The molecular weight excluding hydrogens is 514 g/mol. The highest BCUT2D eigenvalue weighted by Crippen LogP contribution is 2.33. The Labute approximate surface area is 221 Å². The number of fused-ring (bicyclic) bond motifs is 1. The molecular formula is C27H28ClN3O5S. The lowest BCUT2D eigenvalue weighted by molar-refractivity contribution is -0.128. The van der Waals surface area contributed by atoms with Gasteiger partial charge in [-0.15, -0.1) is 0 Å². The van der Waals surface area contributed by atoms with E-state index in [1.54, 1.807) is 31.2 Å². The summed E-state index contributed by atoms with van der Waals surface area (Å²) in [5.74, 6) is -0.421. The molecule has 1 heterocycles. The van der Waals surface area contributed by atoms with Gasteiger partial charge in [-0.25, -0.2) is 8.42 Å². The molecule has 0 spiro atoms. The molecule has 1 aliphatic rings. The van der Waals surface area contributed by atoms with Crippen molar-refractivity contribution in [2.75, 3.05) is 31.1 Å². The summed E-state index contributed by atoms with van der Waals surface area (Å²) in [6, 6.07) is 22.5. The van der Waals surface area contributed by atoms with E-state index in [1.807, 2.05) is 30.3 Å². The standard InChI is InChI=1S/C27H28ClN3O5S/c1-2-30(37(34,35)22-14-12-21(28)13-15-22)19-26(32)31-18-25(36-24-11-7-6-10-23(24)31)27(33)29-17-16-20-8-4-3-5-9-20/h3-15,25H,2,16-19H2,1H3,(H,29,33)/t25-/m1/s1. The molecule has 3 aromatic carbocycles. The molecule has 0 bridgehead atoms. The zero-order chi connectivity index (χ0) is 26.4. The number of amides is 2. The van der Waals surface area contributed by atoms with Crippen molar-refractivity contribution in [3.63, 3.8) is 0 Å². The number of hydrogen-bond donors (Lipinski definition) is 1. The molecule has 0 fully saturated rings. The van der Waals surface area contributed by atoms with Gasteiger partial charge in [-0.05, 0) is 48.4 Å². The van der Waals surface area contributed by atoms with Crippen LogP contribution in [0.25, 0.3) is 0 Å². The van der Waals surface area contributed by atoms with Gasteiger partial charge in [0.25, 0.3) is 5.91 Å². The molecule has 1 atom stereocenters. The molecule has 4 rings (SSSR count). The fourth-order valence-corrected chi connectivity index (χ4v) is 5.58. The first kappa shape index (κ1) is 26.7. The van der Waals surface area contributed by atoms with Crippen molar-refractivity contribution in [1.29, 1.82) is 0 Å². The number of para-hydroxylation sites is 2. The summed E-state index contributed by atoms with van der Waals surface area (Å²) < 4.78 is 33.3. The number of sulfonamides is 1. The number of anilines is 1. The minimum atomic E-state index is -3.93. The van der Waals surface area contributed by atoms with Crippen LogP contribution in [0, 0.1) is 0 Å². The number of rotatable bonds is 9. The second-order valence-electron chi connectivity index (χ2n) is 8.49. The zero-order valence-corrected chi connectivity index (χ0v) is 21.9. The average molecular weight is 542 g/mol. The summed E-state index contributed by atoms with van der Waals surface area (Å²) in [4.78, 5) is 27.8. The normalized spacial score (nSPS) is 15.1. The van der Waals surface area contributed by atoms with E-state index < -0.39 is 28.6 Å². The second-order valence-corrected chi connectivity index (χ2v) is 10.9. The quantitative estimate of drug-likeness (QED) is 0.447. The summed E-state index contributed by atoms with van der Waals surface area (Å²) in [6.45, 7) is 1.74. The molecule has 3 aromatic rings. The van der Waals surface area contributed by atoms with E-state index in [1.165, 1.54) is 29.2 Å². The second kappa shape index (κ2) is 11.8. The van der Waals surface area contributed by atoms with Gasteiger partial charge >= 0.3 is 0 Å². The minimum absolute atomic E-state index is 0.0361. The summed E-state index contributed by atoms with van der Waals surface area (Å²) in [5.41, 5.74) is 1.58. The van der Waals surface area contributed by atoms with Crippen LogP contribution in [0.3, 0.4) is 0 Å². The van der Waals surface area contributed by atoms with Crippen LogP contribution in [0.1, 0.15) is 12.5 Å². The van der Waals surface area contributed by atoms with Crippen LogP contribution in [0.4, 0.5) is 5.69 Å². The minimum Gasteiger partial charge on any atom is -0.477 e. The third-order valence-electron chi connectivity index (χ3n) is 6.04. The van der Waals surface area contributed by atoms with E-state index in [9.17, 15) is 18.0 Å². The first-order valence-electron chi connectivity index (χ1n) is 11.9. The van der Waals surface area contributed by atoms with Gasteiger partial charge in [0.2, 0.25) is 15.9 Å². The number of likely N-dealkylation sites (N-methyl/N-ethyl adjacent to an activating group) is 1. The van der Waals surface area contributed by atoms with Gasteiger partial charge in [-0.1, -0.05) is 61.0 Å². The van der Waals surface area contributed by atoms with Crippen molar-refractivity contribution in [2.24, 2.45) is 0 Å². The van der Waals surface area contributed by atoms with E-state index in [2.05, 4.69) is 5.32 Å². The highest BCUT2D eigenvalue weighted by atomic mass is 35.5. The van der Waals surface area contributed by atoms with Crippen molar-refractivity contribution in [3.8, 4) is 5.75 Å². The molecule has 0 aromatic heterocycles. The monoisotopic (exact) mass is 541 g/mol. The van der Waals surface area contributed by atoms with Crippen LogP contribution in [0.15, 0.2) is 83.8 Å². The molecule has 0 saturated heterocycles. The molecule has 1 aliphatic heterocycles. The van der Waals surface area contributed by atoms with Gasteiger partial charge in [0.1, 0.15) is 5.75 Å². The molecule has 0 aliphatic carbocycles. The Morgan fingerprint density at radius 1 is 1.03 bits per heavy atom. The maximum atomic E-state index is 13.4. The average Bonchev–Trinajstić information content (AvgIpc) is 2.91. The van der Waals surface area contributed by atoms with Crippen molar-refractivity contribution >= 4 is 39.1 Å². The lowest BCUT2D eigenvalue weighted by Crippen LogP contribution is -2.53. The van der Waals surface area contributed by atoms with Gasteiger partial charge in [0, 0.05) is 18.1 Å². The van der Waals surface area contributed by atoms with Crippen LogP contribution in [-0.4, -0.2) is 56.8 Å². The highest BCUT2D eigenvalue weighted by molar-refractivity contribution is 7.89. The van der Waals surface area contributed by atoms with Crippen LogP contribution < -0.4 is 15.0 Å². The maximum Gasteiger partial charge on any atom is 0.262 e. The number of benzene rings is 3. The molecule has 194 valence electrons. The number of nitrogens with zero attached hydrogens (tertiary/aromatic N) is 2. The van der Waals surface area contributed by atoms with E-state index in [4.69, 9.17) is 16.3 Å². The Kier molecular flexibility index (Phi) is 8.48. The van der Waals surface area contributed by atoms with Gasteiger partial charge in [0.05, 0.1) is 23.7 Å². The van der Waals surface area contributed by atoms with E-state index >= 15 is 0 Å². The van der Waals surface area contributed by atoms with Crippen LogP contribution in [-0.2, 0) is 26.0 Å². The molecule has 8 nitrogen and oxygen atoms in total.